The van der Waals surface area contributed by atoms with Gasteiger partial charge in [-0.2, -0.15) is 5.26 Å². The van der Waals surface area contributed by atoms with Crippen molar-refractivity contribution in [1.29, 1.82) is 5.26 Å². The zero-order valence-electron chi connectivity index (χ0n) is 17.1. The van der Waals surface area contributed by atoms with E-state index >= 15 is 0 Å². The van der Waals surface area contributed by atoms with E-state index < -0.39 is 13.9 Å². The second kappa shape index (κ2) is 6.95. The second-order valence-electron chi connectivity index (χ2n) is 9.05. The van der Waals surface area contributed by atoms with Gasteiger partial charge in [-0.05, 0) is 57.1 Å². The van der Waals surface area contributed by atoms with Crippen molar-refractivity contribution in [3.05, 3.63) is 29.3 Å². The van der Waals surface area contributed by atoms with Gasteiger partial charge >= 0.3 is 0 Å². The predicted octanol–water partition coefficient (Wildman–Crippen LogP) is 5.10. The fourth-order valence-electron chi connectivity index (χ4n) is 2.94. The Morgan fingerprint density at radius 3 is 2.46 bits per heavy atom. The highest BCUT2D eigenvalue weighted by molar-refractivity contribution is 7.80. The van der Waals surface area contributed by atoms with Crippen molar-refractivity contribution in [1.82, 2.24) is 5.32 Å². The molecule has 0 saturated carbocycles. The number of nitrogens with one attached hydrogen (secondary N) is 1. The molecule has 1 heterocycles. The standard InChI is InChI=1S/C20H30N2O2SSi/c1-13(25)22-17-15-11-14(12-21)9-10-16(15)23-20(5,6)18(17)24-26(7,8)19(2,3)4/h9-11,17-18H,1-8H3,(H,22,25)/t17-,18+/m1/s1. The highest BCUT2D eigenvalue weighted by atomic mass is 32.1. The van der Waals surface area contributed by atoms with Gasteiger partial charge in [0.25, 0.3) is 0 Å². The number of hydrogen-bond donors (Lipinski definition) is 1. The summed E-state index contributed by atoms with van der Waals surface area (Å²) in [4.78, 5) is 0.699. The van der Waals surface area contributed by atoms with Crippen LogP contribution in [-0.4, -0.2) is 25.0 Å². The van der Waals surface area contributed by atoms with E-state index in [0.29, 0.717) is 10.6 Å². The number of hydrogen-bond acceptors (Lipinski definition) is 4. The van der Waals surface area contributed by atoms with Gasteiger partial charge in [0.2, 0.25) is 0 Å². The number of nitriles is 1. The van der Waals surface area contributed by atoms with Crippen LogP contribution in [0.4, 0.5) is 0 Å². The number of nitrogens with zero attached hydrogens (tertiary/aromatic N) is 1. The van der Waals surface area contributed by atoms with E-state index in [9.17, 15) is 5.26 Å². The molecule has 1 aromatic rings. The van der Waals surface area contributed by atoms with Crippen LogP contribution in [0, 0.1) is 11.3 Å². The van der Waals surface area contributed by atoms with Gasteiger partial charge in [0.15, 0.2) is 8.32 Å². The number of thiocarbonyl (C=S) groups is 1. The van der Waals surface area contributed by atoms with Crippen molar-refractivity contribution in [3.63, 3.8) is 0 Å². The van der Waals surface area contributed by atoms with Crippen molar-refractivity contribution in [2.24, 2.45) is 0 Å². The SMILES string of the molecule is CC(=S)N[C@@H]1c2cc(C#N)ccc2OC(C)(C)[C@H]1O[Si](C)(C)C(C)(C)C. The first-order valence-electron chi connectivity index (χ1n) is 8.96. The number of ether oxygens (including phenoxy) is 1. The molecule has 0 radical (unpaired) electrons. The minimum atomic E-state index is -2.05. The molecule has 1 aliphatic rings. The first-order valence-corrected chi connectivity index (χ1v) is 12.3. The molecular formula is C20H30N2O2SSi. The van der Waals surface area contributed by atoms with Gasteiger partial charge in [-0.25, -0.2) is 0 Å². The Hall–Kier alpha value is -1.42. The Labute approximate surface area is 164 Å². The minimum Gasteiger partial charge on any atom is -0.485 e. The summed E-state index contributed by atoms with van der Waals surface area (Å²) in [6.45, 7) is 17.1. The van der Waals surface area contributed by atoms with Crippen LogP contribution in [0.1, 0.15) is 58.7 Å². The first kappa shape index (κ1) is 20.9. The molecule has 1 N–H and O–H groups in total. The quantitative estimate of drug-likeness (QED) is 0.575. The molecule has 0 bridgehead atoms. The van der Waals surface area contributed by atoms with E-state index in [-0.39, 0.29) is 17.2 Å². The zero-order valence-corrected chi connectivity index (χ0v) is 18.9. The minimum absolute atomic E-state index is 0.0785. The van der Waals surface area contributed by atoms with Crippen LogP contribution >= 0.6 is 12.2 Å². The molecule has 1 aromatic carbocycles. The van der Waals surface area contributed by atoms with E-state index in [2.05, 4.69) is 59.1 Å². The van der Waals surface area contributed by atoms with E-state index in [1.165, 1.54) is 0 Å². The van der Waals surface area contributed by atoms with E-state index in [0.717, 1.165) is 11.3 Å². The summed E-state index contributed by atoms with van der Waals surface area (Å²) in [7, 11) is -2.05. The smallest absolute Gasteiger partial charge is 0.192 e. The van der Waals surface area contributed by atoms with Crippen molar-refractivity contribution < 1.29 is 9.16 Å². The molecule has 0 spiro atoms. The fraction of sp³-hybridized carbons (Fsp3) is 0.600. The predicted molar refractivity (Wildman–Crippen MR) is 112 cm³/mol. The summed E-state index contributed by atoms with van der Waals surface area (Å²) in [5.41, 5.74) is 1.00. The number of rotatable bonds is 3. The third-order valence-electron chi connectivity index (χ3n) is 5.42. The highest BCUT2D eigenvalue weighted by Gasteiger charge is 2.50. The topological polar surface area (TPSA) is 54.3 Å². The summed E-state index contributed by atoms with van der Waals surface area (Å²) in [5, 5.41) is 12.8. The lowest BCUT2D eigenvalue weighted by Gasteiger charge is -2.50. The van der Waals surface area contributed by atoms with E-state index in [1.54, 1.807) is 6.07 Å². The van der Waals surface area contributed by atoms with Gasteiger partial charge < -0.3 is 14.5 Å². The molecule has 26 heavy (non-hydrogen) atoms. The monoisotopic (exact) mass is 390 g/mol. The maximum atomic E-state index is 9.31. The van der Waals surface area contributed by atoms with Crippen LogP contribution in [-0.2, 0) is 4.43 Å². The van der Waals surface area contributed by atoms with Crippen molar-refractivity contribution in [2.75, 3.05) is 0 Å². The average Bonchev–Trinajstić information content (AvgIpc) is 2.48. The Morgan fingerprint density at radius 1 is 1.35 bits per heavy atom. The van der Waals surface area contributed by atoms with Gasteiger partial charge in [-0.3, -0.25) is 0 Å². The number of fused-ring (bicyclic) bond motifs is 1. The lowest BCUT2D eigenvalue weighted by atomic mass is 9.86. The molecule has 0 fully saturated rings. The molecule has 142 valence electrons. The second-order valence-corrected chi connectivity index (χ2v) is 14.4. The van der Waals surface area contributed by atoms with Gasteiger partial charge in [0.1, 0.15) is 17.5 Å². The maximum Gasteiger partial charge on any atom is 0.192 e. The summed E-state index contributed by atoms with van der Waals surface area (Å²) in [5.74, 6) is 0.776. The Balaban J connectivity index is 2.56. The molecular weight excluding hydrogens is 360 g/mol. The largest absolute Gasteiger partial charge is 0.485 e. The lowest BCUT2D eigenvalue weighted by molar-refractivity contribution is -0.0531. The first-order chi connectivity index (χ1) is 11.8. The van der Waals surface area contributed by atoms with Gasteiger partial charge in [-0.15, -0.1) is 0 Å². The third kappa shape index (κ3) is 4.11. The molecule has 2 atom stereocenters. The van der Waals surface area contributed by atoms with Crippen molar-refractivity contribution in [3.8, 4) is 11.8 Å². The van der Waals surface area contributed by atoms with E-state index in [1.807, 2.05) is 19.1 Å². The van der Waals surface area contributed by atoms with E-state index in [4.69, 9.17) is 21.4 Å². The molecule has 0 unspecified atom stereocenters. The maximum absolute atomic E-state index is 9.31. The molecule has 1 aliphatic heterocycles. The van der Waals surface area contributed by atoms with Crippen LogP contribution in [0.3, 0.4) is 0 Å². The molecule has 4 nitrogen and oxygen atoms in total. The van der Waals surface area contributed by atoms with Gasteiger partial charge in [0, 0.05) is 5.56 Å². The molecule has 0 amide bonds. The summed E-state index contributed by atoms with van der Waals surface area (Å²) in [6.07, 6.45) is -0.220. The fourth-order valence-corrected chi connectivity index (χ4v) is 4.47. The van der Waals surface area contributed by atoms with Crippen LogP contribution in [0.2, 0.25) is 18.1 Å². The third-order valence-corrected chi connectivity index (χ3v) is 9.99. The molecule has 0 aromatic heterocycles. The van der Waals surface area contributed by atoms with Crippen LogP contribution in [0.25, 0.3) is 0 Å². The van der Waals surface area contributed by atoms with Crippen LogP contribution < -0.4 is 10.1 Å². The molecule has 0 saturated heterocycles. The van der Waals surface area contributed by atoms with Crippen LogP contribution in [0.15, 0.2) is 18.2 Å². The average molecular weight is 391 g/mol. The van der Waals surface area contributed by atoms with Gasteiger partial charge in [0.05, 0.1) is 22.7 Å². The zero-order chi connectivity index (χ0) is 19.9. The van der Waals surface area contributed by atoms with Crippen molar-refractivity contribution >= 4 is 25.5 Å². The Bertz CT molecular complexity index is 747. The highest BCUT2D eigenvalue weighted by Crippen LogP contribution is 2.46. The Morgan fingerprint density at radius 2 is 1.96 bits per heavy atom. The van der Waals surface area contributed by atoms with Gasteiger partial charge in [-0.1, -0.05) is 33.0 Å². The van der Waals surface area contributed by atoms with Crippen LogP contribution in [0.5, 0.6) is 5.75 Å². The summed E-state index contributed by atoms with van der Waals surface area (Å²) < 4.78 is 13.1. The summed E-state index contributed by atoms with van der Waals surface area (Å²) in [6, 6.07) is 7.58. The molecule has 6 heteroatoms. The normalized spacial score (nSPS) is 22.0. The Kier molecular flexibility index (Phi) is 5.58. The number of benzene rings is 1. The molecule has 0 aliphatic carbocycles. The summed E-state index contributed by atoms with van der Waals surface area (Å²) >= 11 is 5.35. The van der Waals surface area contributed by atoms with Crippen molar-refractivity contribution in [2.45, 2.75) is 77.4 Å². The lowest BCUT2D eigenvalue weighted by Crippen LogP contribution is -2.59. The molecule has 2 rings (SSSR count).